The number of pyridine rings is 3. The van der Waals surface area contributed by atoms with Crippen LogP contribution in [0, 0.1) is 0 Å². The normalized spacial score (nSPS) is 11.4. The number of nitrogens with zero attached hydrogens (tertiary/aromatic N) is 4. The van der Waals surface area contributed by atoms with E-state index in [0.29, 0.717) is 22.7 Å². The fraction of sp³-hybridized carbons (Fsp3) is 0.0455. The maximum Gasteiger partial charge on any atom is 0.272 e. The van der Waals surface area contributed by atoms with Crippen LogP contribution in [0.2, 0.25) is 0 Å². The Bertz CT molecular complexity index is 1160. The Labute approximate surface area is 162 Å². The Morgan fingerprint density at radius 2 is 1.71 bits per heavy atom. The maximum absolute atomic E-state index is 12.9. The molecule has 0 aliphatic rings. The number of benzene rings is 1. The van der Waals surface area contributed by atoms with Gasteiger partial charge in [-0.15, -0.1) is 0 Å². The largest absolute Gasteiger partial charge is 0.272 e. The monoisotopic (exact) mass is 367 g/mol. The van der Waals surface area contributed by atoms with Crippen molar-refractivity contribution in [3.63, 3.8) is 0 Å². The van der Waals surface area contributed by atoms with Crippen LogP contribution < -0.4 is 5.43 Å². The number of nitrogens with one attached hydrogen (secondary N) is 1. The van der Waals surface area contributed by atoms with E-state index in [4.69, 9.17) is 0 Å². The van der Waals surface area contributed by atoms with Crippen LogP contribution in [-0.2, 0) is 0 Å². The summed E-state index contributed by atoms with van der Waals surface area (Å²) in [6.07, 6.45) is 5.08. The van der Waals surface area contributed by atoms with Gasteiger partial charge in [-0.05, 0) is 43.3 Å². The molecule has 6 heteroatoms. The molecular weight excluding hydrogens is 350 g/mol. The fourth-order valence-electron chi connectivity index (χ4n) is 2.86. The van der Waals surface area contributed by atoms with E-state index < -0.39 is 0 Å². The number of fused-ring (bicyclic) bond motifs is 1. The van der Waals surface area contributed by atoms with Gasteiger partial charge in [-0.25, -0.2) is 10.4 Å². The van der Waals surface area contributed by atoms with Crippen molar-refractivity contribution >= 4 is 22.5 Å². The molecule has 3 heterocycles. The standard InChI is InChI=1S/C22H17N5O/c1-15(16-9-12-23-13-10-16)26-27-22(28)18-14-21(20-8-4-5-11-24-20)25-19-7-3-2-6-17(18)19/h2-14H,1H3,(H,27,28)/b26-15-. The van der Waals surface area contributed by atoms with E-state index in [1.807, 2.05) is 61.5 Å². The van der Waals surface area contributed by atoms with Crippen LogP contribution in [0.3, 0.4) is 0 Å². The highest BCUT2D eigenvalue weighted by atomic mass is 16.2. The van der Waals surface area contributed by atoms with Crippen molar-refractivity contribution in [1.82, 2.24) is 20.4 Å². The second kappa shape index (κ2) is 7.75. The van der Waals surface area contributed by atoms with Gasteiger partial charge in [-0.1, -0.05) is 24.3 Å². The minimum absolute atomic E-state index is 0.302. The zero-order valence-corrected chi connectivity index (χ0v) is 15.2. The van der Waals surface area contributed by atoms with Crippen LogP contribution in [0.5, 0.6) is 0 Å². The molecule has 0 aliphatic carbocycles. The molecule has 1 aromatic carbocycles. The first kappa shape index (κ1) is 17.5. The average molecular weight is 367 g/mol. The third-order valence-electron chi connectivity index (χ3n) is 4.31. The topological polar surface area (TPSA) is 80.1 Å². The zero-order chi connectivity index (χ0) is 19.3. The maximum atomic E-state index is 12.9. The SMILES string of the molecule is C/C(=N/NC(=O)c1cc(-c2ccccn2)nc2ccccc12)c1ccncc1. The molecular formula is C22H17N5O. The van der Waals surface area contributed by atoms with Crippen LogP contribution in [-0.4, -0.2) is 26.6 Å². The van der Waals surface area contributed by atoms with E-state index in [1.54, 1.807) is 24.7 Å². The molecule has 28 heavy (non-hydrogen) atoms. The van der Waals surface area contributed by atoms with Gasteiger partial charge >= 0.3 is 0 Å². The van der Waals surface area contributed by atoms with E-state index >= 15 is 0 Å². The number of carbonyl (C=O) groups is 1. The molecule has 1 amide bonds. The number of hydrazone groups is 1. The van der Waals surface area contributed by atoms with Crippen molar-refractivity contribution in [2.24, 2.45) is 5.10 Å². The van der Waals surface area contributed by atoms with Gasteiger partial charge in [-0.2, -0.15) is 5.10 Å². The van der Waals surface area contributed by atoms with Crippen LogP contribution in [0.4, 0.5) is 0 Å². The fourth-order valence-corrected chi connectivity index (χ4v) is 2.86. The highest BCUT2D eigenvalue weighted by Crippen LogP contribution is 2.23. The quantitative estimate of drug-likeness (QED) is 0.439. The molecule has 0 bridgehead atoms. The molecule has 1 N–H and O–H groups in total. The number of amides is 1. The van der Waals surface area contributed by atoms with Gasteiger partial charge in [0, 0.05) is 29.5 Å². The lowest BCUT2D eigenvalue weighted by Gasteiger charge is -2.09. The Kier molecular flexibility index (Phi) is 4.84. The summed E-state index contributed by atoms with van der Waals surface area (Å²) >= 11 is 0. The Morgan fingerprint density at radius 3 is 2.50 bits per heavy atom. The summed E-state index contributed by atoms with van der Waals surface area (Å²) < 4.78 is 0. The Morgan fingerprint density at radius 1 is 0.929 bits per heavy atom. The van der Waals surface area contributed by atoms with Crippen LogP contribution in [0.15, 0.2) is 84.4 Å². The molecule has 4 rings (SSSR count). The van der Waals surface area contributed by atoms with Crippen LogP contribution >= 0.6 is 0 Å². The van der Waals surface area contributed by atoms with Crippen molar-refractivity contribution in [2.75, 3.05) is 0 Å². The summed E-state index contributed by atoms with van der Waals surface area (Å²) in [5, 5.41) is 4.99. The Hall–Kier alpha value is -3.93. The van der Waals surface area contributed by atoms with Crippen molar-refractivity contribution in [2.45, 2.75) is 6.92 Å². The van der Waals surface area contributed by atoms with Crippen molar-refractivity contribution in [3.05, 3.63) is 90.4 Å². The molecule has 136 valence electrons. The lowest BCUT2D eigenvalue weighted by atomic mass is 10.1. The first-order valence-electron chi connectivity index (χ1n) is 8.78. The Balaban J connectivity index is 1.72. The van der Waals surface area contributed by atoms with Crippen LogP contribution in [0.25, 0.3) is 22.3 Å². The van der Waals surface area contributed by atoms with E-state index in [9.17, 15) is 4.79 Å². The summed E-state index contributed by atoms with van der Waals surface area (Å²) in [6, 6.07) is 18.6. The van der Waals surface area contributed by atoms with E-state index in [-0.39, 0.29) is 5.91 Å². The molecule has 0 radical (unpaired) electrons. The van der Waals surface area contributed by atoms with Gasteiger partial charge in [0.15, 0.2) is 0 Å². The molecule has 0 unspecified atom stereocenters. The third-order valence-corrected chi connectivity index (χ3v) is 4.31. The van der Waals surface area contributed by atoms with Gasteiger partial charge in [0.1, 0.15) is 0 Å². The molecule has 0 saturated heterocycles. The van der Waals surface area contributed by atoms with Crippen molar-refractivity contribution in [1.29, 1.82) is 0 Å². The minimum Gasteiger partial charge on any atom is -0.267 e. The van der Waals surface area contributed by atoms with Gasteiger partial charge in [-0.3, -0.25) is 14.8 Å². The van der Waals surface area contributed by atoms with Gasteiger partial charge < -0.3 is 0 Å². The average Bonchev–Trinajstić information content (AvgIpc) is 2.77. The summed E-state index contributed by atoms with van der Waals surface area (Å²) in [5.74, 6) is -0.302. The van der Waals surface area contributed by atoms with Gasteiger partial charge in [0.25, 0.3) is 5.91 Å². The highest BCUT2D eigenvalue weighted by molar-refractivity contribution is 6.08. The highest BCUT2D eigenvalue weighted by Gasteiger charge is 2.14. The van der Waals surface area contributed by atoms with Gasteiger partial charge in [0.2, 0.25) is 0 Å². The predicted molar refractivity (Wildman–Crippen MR) is 109 cm³/mol. The predicted octanol–water partition coefficient (Wildman–Crippen LogP) is 3.85. The third kappa shape index (κ3) is 3.61. The molecule has 6 nitrogen and oxygen atoms in total. The lowest BCUT2D eigenvalue weighted by Crippen LogP contribution is -2.20. The van der Waals surface area contributed by atoms with Crippen molar-refractivity contribution in [3.8, 4) is 11.4 Å². The van der Waals surface area contributed by atoms with Crippen LogP contribution in [0.1, 0.15) is 22.8 Å². The van der Waals surface area contributed by atoms with E-state index in [0.717, 1.165) is 16.5 Å². The second-order valence-electron chi connectivity index (χ2n) is 6.16. The van der Waals surface area contributed by atoms with E-state index in [1.165, 1.54) is 0 Å². The number of para-hydroxylation sites is 1. The lowest BCUT2D eigenvalue weighted by molar-refractivity contribution is 0.0956. The first-order chi connectivity index (χ1) is 13.7. The number of hydrogen-bond acceptors (Lipinski definition) is 5. The summed E-state index contributed by atoms with van der Waals surface area (Å²) in [5.41, 5.74) is 6.81. The molecule has 0 atom stereocenters. The molecule has 0 saturated carbocycles. The van der Waals surface area contributed by atoms with Gasteiger partial charge in [0.05, 0.1) is 28.2 Å². The second-order valence-corrected chi connectivity index (χ2v) is 6.16. The van der Waals surface area contributed by atoms with Crippen molar-refractivity contribution < 1.29 is 4.79 Å². The summed E-state index contributed by atoms with van der Waals surface area (Å²) in [7, 11) is 0. The summed E-state index contributed by atoms with van der Waals surface area (Å²) in [4.78, 5) is 25.9. The summed E-state index contributed by atoms with van der Waals surface area (Å²) in [6.45, 7) is 1.83. The number of rotatable bonds is 4. The molecule has 0 aliphatic heterocycles. The number of carbonyl (C=O) groups excluding carboxylic acids is 1. The minimum atomic E-state index is -0.302. The number of aromatic nitrogens is 3. The smallest absolute Gasteiger partial charge is 0.267 e. The zero-order valence-electron chi connectivity index (χ0n) is 15.2. The molecule has 3 aromatic heterocycles. The molecule has 0 spiro atoms. The first-order valence-corrected chi connectivity index (χ1v) is 8.78. The molecule has 0 fully saturated rings. The number of hydrogen-bond donors (Lipinski definition) is 1. The molecule has 4 aromatic rings. The van der Waals surface area contributed by atoms with E-state index in [2.05, 4.69) is 25.5 Å².